The molecule has 7 nitrogen and oxygen atoms in total. The fourth-order valence-electron chi connectivity index (χ4n) is 1.94. The molecule has 1 aliphatic heterocycles. The van der Waals surface area contributed by atoms with E-state index < -0.39 is 5.97 Å². The maximum atomic E-state index is 10.9. The Bertz CT molecular complexity index is 661. The number of carboxylic acids is 1. The largest absolute Gasteiger partial charge is 0.493 e. The number of aromatic carboxylic acids is 1. The Morgan fingerprint density at radius 1 is 1.43 bits per heavy atom. The molecular formula is C14H13NO6. The van der Waals surface area contributed by atoms with Crippen LogP contribution in [0.2, 0.25) is 0 Å². The highest BCUT2D eigenvalue weighted by molar-refractivity contribution is 5.87. The van der Waals surface area contributed by atoms with Gasteiger partial charge in [-0.3, -0.25) is 0 Å². The molecule has 1 aliphatic rings. The Morgan fingerprint density at radius 3 is 2.81 bits per heavy atom. The van der Waals surface area contributed by atoms with Gasteiger partial charge in [0, 0.05) is 6.07 Å². The van der Waals surface area contributed by atoms with Crippen molar-refractivity contribution in [2.24, 2.45) is 0 Å². The molecule has 0 radical (unpaired) electrons. The fraction of sp³-hybridized carbons (Fsp3) is 0.286. The minimum Gasteiger partial charge on any atom is -0.493 e. The Balaban J connectivity index is 2.00. The molecule has 0 bridgehead atoms. The van der Waals surface area contributed by atoms with E-state index in [-0.39, 0.29) is 11.8 Å². The summed E-state index contributed by atoms with van der Waals surface area (Å²) in [5, 5.41) is 12.4. The molecule has 0 atom stereocenters. The third kappa shape index (κ3) is 2.55. The number of para-hydroxylation sites is 1. The first-order valence-corrected chi connectivity index (χ1v) is 6.31. The highest BCUT2D eigenvalue weighted by Crippen LogP contribution is 2.39. The number of methoxy groups -OCH3 is 1. The lowest BCUT2D eigenvalue weighted by atomic mass is 10.1. The standard InChI is InChI=1S/C14H13NO6/c1-18-11-4-2-3-9(13(11)20-8-6-19-7-8)12-5-10(14(16)17)15-21-12/h2-5,8H,6-7H2,1H3,(H,16,17). The van der Waals surface area contributed by atoms with Gasteiger partial charge in [0.15, 0.2) is 23.0 Å². The van der Waals surface area contributed by atoms with Gasteiger partial charge in [-0.2, -0.15) is 0 Å². The maximum absolute atomic E-state index is 10.9. The monoisotopic (exact) mass is 291 g/mol. The van der Waals surface area contributed by atoms with Gasteiger partial charge in [-0.1, -0.05) is 11.2 Å². The molecule has 1 aromatic carbocycles. The molecule has 0 saturated carbocycles. The highest BCUT2D eigenvalue weighted by atomic mass is 16.6. The molecule has 21 heavy (non-hydrogen) atoms. The van der Waals surface area contributed by atoms with Crippen molar-refractivity contribution in [3.63, 3.8) is 0 Å². The Morgan fingerprint density at radius 2 is 2.24 bits per heavy atom. The van der Waals surface area contributed by atoms with Gasteiger partial charge >= 0.3 is 5.97 Å². The van der Waals surface area contributed by atoms with Gasteiger partial charge in [-0.05, 0) is 12.1 Å². The second-order valence-electron chi connectivity index (χ2n) is 4.50. The van der Waals surface area contributed by atoms with Crippen molar-refractivity contribution in [3.05, 3.63) is 30.0 Å². The SMILES string of the molecule is COc1cccc(-c2cc(C(=O)O)no2)c1OC1COC1. The third-order valence-corrected chi connectivity index (χ3v) is 3.09. The van der Waals surface area contributed by atoms with Crippen molar-refractivity contribution in [1.82, 2.24) is 5.16 Å². The van der Waals surface area contributed by atoms with Crippen LogP contribution in [0.15, 0.2) is 28.8 Å². The normalized spacial score (nSPS) is 14.5. The van der Waals surface area contributed by atoms with Gasteiger partial charge in [-0.15, -0.1) is 0 Å². The average Bonchev–Trinajstić information content (AvgIpc) is 2.92. The van der Waals surface area contributed by atoms with Crippen molar-refractivity contribution in [2.45, 2.75) is 6.10 Å². The molecule has 0 amide bonds. The van der Waals surface area contributed by atoms with Crippen molar-refractivity contribution in [2.75, 3.05) is 20.3 Å². The molecule has 2 heterocycles. The van der Waals surface area contributed by atoms with Crippen molar-refractivity contribution in [3.8, 4) is 22.8 Å². The highest BCUT2D eigenvalue weighted by Gasteiger charge is 2.25. The molecule has 1 fully saturated rings. The summed E-state index contributed by atoms with van der Waals surface area (Å²) in [6, 6.07) is 6.62. The molecule has 2 aromatic rings. The third-order valence-electron chi connectivity index (χ3n) is 3.09. The number of ether oxygens (including phenoxy) is 3. The first kappa shape index (κ1) is 13.4. The number of carboxylic acid groups (broad SMARTS) is 1. The number of benzene rings is 1. The maximum Gasteiger partial charge on any atom is 0.358 e. The number of carbonyl (C=O) groups is 1. The molecule has 0 spiro atoms. The lowest BCUT2D eigenvalue weighted by Crippen LogP contribution is -2.38. The van der Waals surface area contributed by atoms with Gasteiger partial charge in [-0.25, -0.2) is 4.79 Å². The minimum absolute atomic E-state index is 0.0538. The van der Waals surface area contributed by atoms with Crippen LogP contribution in [0.5, 0.6) is 11.5 Å². The van der Waals surface area contributed by atoms with Crippen LogP contribution < -0.4 is 9.47 Å². The number of hydrogen-bond donors (Lipinski definition) is 1. The fourth-order valence-corrected chi connectivity index (χ4v) is 1.94. The van der Waals surface area contributed by atoms with Gasteiger partial charge in [0.05, 0.1) is 25.9 Å². The molecule has 3 rings (SSSR count). The lowest BCUT2D eigenvalue weighted by Gasteiger charge is -2.28. The lowest BCUT2D eigenvalue weighted by molar-refractivity contribution is -0.0801. The summed E-state index contributed by atoms with van der Waals surface area (Å²) in [5.74, 6) is 0.179. The number of nitrogens with zero attached hydrogens (tertiary/aromatic N) is 1. The Kier molecular flexibility index (Phi) is 3.49. The second-order valence-corrected chi connectivity index (χ2v) is 4.50. The zero-order chi connectivity index (χ0) is 14.8. The van der Waals surface area contributed by atoms with Crippen LogP contribution in [0.25, 0.3) is 11.3 Å². The zero-order valence-electron chi connectivity index (χ0n) is 11.2. The summed E-state index contributed by atoms with van der Waals surface area (Å²) in [6.07, 6.45) is -0.0538. The molecular weight excluding hydrogens is 278 g/mol. The number of aromatic nitrogens is 1. The van der Waals surface area contributed by atoms with E-state index in [1.54, 1.807) is 18.2 Å². The van der Waals surface area contributed by atoms with Gasteiger partial charge in [0.2, 0.25) is 0 Å². The van der Waals surface area contributed by atoms with Crippen LogP contribution in [-0.4, -0.2) is 42.7 Å². The Labute approximate surface area is 120 Å². The topological polar surface area (TPSA) is 91.0 Å². The van der Waals surface area contributed by atoms with E-state index in [4.69, 9.17) is 23.8 Å². The van der Waals surface area contributed by atoms with E-state index in [9.17, 15) is 4.79 Å². The summed E-state index contributed by atoms with van der Waals surface area (Å²) in [4.78, 5) is 10.9. The van der Waals surface area contributed by atoms with Gasteiger partial charge in [0.1, 0.15) is 6.10 Å². The van der Waals surface area contributed by atoms with E-state index in [1.165, 1.54) is 13.2 Å². The van der Waals surface area contributed by atoms with Crippen LogP contribution in [-0.2, 0) is 4.74 Å². The van der Waals surface area contributed by atoms with E-state index in [1.807, 2.05) is 0 Å². The van der Waals surface area contributed by atoms with Gasteiger partial charge in [0.25, 0.3) is 0 Å². The van der Waals surface area contributed by atoms with Crippen LogP contribution >= 0.6 is 0 Å². The zero-order valence-corrected chi connectivity index (χ0v) is 11.2. The van der Waals surface area contributed by atoms with E-state index in [2.05, 4.69) is 5.16 Å². The van der Waals surface area contributed by atoms with Crippen LogP contribution in [0.3, 0.4) is 0 Å². The van der Waals surface area contributed by atoms with Gasteiger partial charge < -0.3 is 23.8 Å². The quantitative estimate of drug-likeness (QED) is 0.898. The predicted molar refractivity (Wildman–Crippen MR) is 70.7 cm³/mol. The van der Waals surface area contributed by atoms with Crippen molar-refractivity contribution < 1.29 is 28.6 Å². The average molecular weight is 291 g/mol. The molecule has 1 N–H and O–H groups in total. The number of rotatable bonds is 5. The smallest absolute Gasteiger partial charge is 0.358 e. The summed E-state index contributed by atoms with van der Waals surface area (Å²) < 4.78 is 21.3. The first-order valence-electron chi connectivity index (χ1n) is 6.31. The summed E-state index contributed by atoms with van der Waals surface area (Å²) in [6.45, 7) is 1.02. The molecule has 1 aromatic heterocycles. The summed E-state index contributed by atoms with van der Waals surface area (Å²) in [5.41, 5.74) is 0.423. The first-order chi connectivity index (χ1) is 10.2. The molecule has 0 unspecified atom stereocenters. The van der Waals surface area contributed by atoms with Crippen molar-refractivity contribution in [1.29, 1.82) is 0 Å². The molecule has 7 heteroatoms. The second kappa shape index (κ2) is 5.45. The Hall–Kier alpha value is -2.54. The molecule has 110 valence electrons. The van der Waals surface area contributed by atoms with Crippen LogP contribution in [0.4, 0.5) is 0 Å². The van der Waals surface area contributed by atoms with E-state index in [0.717, 1.165) is 0 Å². The van der Waals surface area contributed by atoms with Crippen LogP contribution in [0.1, 0.15) is 10.5 Å². The van der Waals surface area contributed by atoms with Crippen LogP contribution in [0, 0.1) is 0 Å². The summed E-state index contributed by atoms with van der Waals surface area (Å²) >= 11 is 0. The minimum atomic E-state index is -1.15. The predicted octanol–water partition coefficient (Wildman–Crippen LogP) is 1.83. The summed E-state index contributed by atoms with van der Waals surface area (Å²) in [7, 11) is 1.53. The molecule has 1 saturated heterocycles. The van der Waals surface area contributed by atoms with E-state index in [0.29, 0.717) is 36.0 Å². The molecule has 0 aliphatic carbocycles. The van der Waals surface area contributed by atoms with E-state index >= 15 is 0 Å². The van der Waals surface area contributed by atoms with Crippen molar-refractivity contribution >= 4 is 5.97 Å². The number of hydrogen-bond acceptors (Lipinski definition) is 6.